The summed E-state index contributed by atoms with van der Waals surface area (Å²) < 4.78 is 0. The van der Waals surface area contributed by atoms with Gasteiger partial charge in [0.25, 0.3) is 0 Å². The molecule has 0 spiro atoms. The SMILES string of the molecule is CC[C@@H](C)[C@@H](C)NCCNC(=O)C1CC1. The van der Waals surface area contributed by atoms with Gasteiger partial charge in [-0.2, -0.15) is 0 Å². The van der Waals surface area contributed by atoms with E-state index in [1.165, 1.54) is 6.42 Å². The van der Waals surface area contributed by atoms with Crippen molar-refractivity contribution in [2.45, 2.75) is 46.1 Å². The van der Waals surface area contributed by atoms with Gasteiger partial charge in [-0.25, -0.2) is 0 Å². The van der Waals surface area contributed by atoms with E-state index in [9.17, 15) is 4.79 Å². The van der Waals surface area contributed by atoms with Gasteiger partial charge in [-0.1, -0.05) is 20.3 Å². The highest BCUT2D eigenvalue weighted by Crippen LogP contribution is 2.28. The lowest BCUT2D eigenvalue weighted by atomic mass is 10.0. The summed E-state index contributed by atoms with van der Waals surface area (Å²) in [4.78, 5) is 11.3. The molecule has 1 fully saturated rings. The summed E-state index contributed by atoms with van der Waals surface area (Å²) in [6.45, 7) is 8.30. The second-order valence-corrected chi connectivity index (χ2v) is 4.69. The Morgan fingerprint density at radius 3 is 2.53 bits per heavy atom. The molecule has 1 aliphatic rings. The average molecular weight is 212 g/mol. The molecular weight excluding hydrogens is 188 g/mol. The predicted molar refractivity (Wildman–Crippen MR) is 62.7 cm³/mol. The fourth-order valence-corrected chi connectivity index (χ4v) is 1.53. The second-order valence-electron chi connectivity index (χ2n) is 4.69. The van der Waals surface area contributed by atoms with Gasteiger partial charge in [-0.05, 0) is 25.7 Å². The van der Waals surface area contributed by atoms with Crippen LogP contribution >= 0.6 is 0 Å². The summed E-state index contributed by atoms with van der Waals surface area (Å²) >= 11 is 0. The monoisotopic (exact) mass is 212 g/mol. The Bertz CT molecular complexity index is 202. The first-order chi connectivity index (χ1) is 7.15. The van der Waals surface area contributed by atoms with E-state index in [1.54, 1.807) is 0 Å². The molecule has 3 nitrogen and oxygen atoms in total. The van der Waals surface area contributed by atoms with Crippen molar-refractivity contribution >= 4 is 5.91 Å². The third kappa shape index (κ3) is 4.65. The number of hydrogen-bond acceptors (Lipinski definition) is 2. The molecule has 15 heavy (non-hydrogen) atoms. The van der Waals surface area contributed by atoms with Gasteiger partial charge in [0.2, 0.25) is 5.91 Å². The fourth-order valence-electron chi connectivity index (χ4n) is 1.53. The van der Waals surface area contributed by atoms with Crippen LogP contribution in [0.2, 0.25) is 0 Å². The van der Waals surface area contributed by atoms with Crippen molar-refractivity contribution in [3.8, 4) is 0 Å². The molecule has 0 aromatic rings. The quantitative estimate of drug-likeness (QED) is 0.628. The minimum atomic E-state index is 0.244. The highest BCUT2D eigenvalue weighted by atomic mass is 16.2. The Labute approximate surface area is 93.0 Å². The molecule has 0 aliphatic heterocycles. The van der Waals surface area contributed by atoms with Crippen molar-refractivity contribution < 1.29 is 4.79 Å². The maximum Gasteiger partial charge on any atom is 0.223 e. The minimum Gasteiger partial charge on any atom is -0.355 e. The van der Waals surface area contributed by atoms with Crippen LogP contribution in [0.4, 0.5) is 0 Å². The van der Waals surface area contributed by atoms with Gasteiger partial charge in [0.15, 0.2) is 0 Å². The van der Waals surface area contributed by atoms with Crippen LogP contribution in [-0.4, -0.2) is 25.0 Å². The number of amides is 1. The van der Waals surface area contributed by atoms with Crippen molar-refractivity contribution in [1.29, 1.82) is 0 Å². The summed E-state index contributed by atoms with van der Waals surface area (Å²) in [5.74, 6) is 1.27. The number of hydrogen-bond donors (Lipinski definition) is 2. The first kappa shape index (κ1) is 12.5. The van der Waals surface area contributed by atoms with Gasteiger partial charge in [0.1, 0.15) is 0 Å². The molecule has 0 aromatic carbocycles. The van der Waals surface area contributed by atoms with Gasteiger partial charge < -0.3 is 10.6 Å². The summed E-state index contributed by atoms with van der Waals surface area (Å²) in [6, 6.07) is 0.535. The van der Waals surface area contributed by atoms with Crippen LogP contribution in [0.15, 0.2) is 0 Å². The minimum absolute atomic E-state index is 0.244. The van der Waals surface area contributed by atoms with Crippen LogP contribution in [0.5, 0.6) is 0 Å². The maximum absolute atomic E-state index is 11.3. The Morgan fingerprint density at radius 1 is 1.33 bits per heavy atom. The Morgan fingerprint density at radius 2 is 2.00 bits per heavy atom. The summed E-state index contributed by atoms with van der Waals surface area (Å²) in [5, 5.41) is 6.39. The maximum atomic E-state index is 11.3. The van der Waals surface area contributed by atoms with E-state index < -0.39 is 0 Å². The van der Waals surface area contributed by atoms with Crippen LogP contribution in [0.3, 0.4) is 0 Å². The zero-order chi connectivity index (χ0) is 11.3. The van der Waals surface area contributed by atoms with E-state index in [2.05, 4.69) is 31.4 Å². The van der Waals surface area contributed by atoms with E-state index in [1.807, 2.05) is 0 Å². The largest absolute Gasteiger partial charge is 0.355 e. The summed E-state index contributed by atoms with van der Waals surface area (Å²) in [5.41, 5.74) is 0. The molecule has 2 atom stereocenters. The molecule has 1 rings (SSSR count). The normalized spacial score (nSPS) is 19.7. The molecule has 1 saturated carbocycles. The van der Waals surface area contributed by atoms with Crippen LogP contribution in [0.25, 0.3) is 0 Å². The van der Waals surface area contributed by atoms with Gasteiger partial charge in [-0.15, -0.1) is 0 Å². The van der Waals surface area contributed by atoms with E-state index in [0.29, 0.717) is 17.9 Å². The number of rotatable bonds is 7. The molecule has 0 unspecified atom stereocenters. The molecule has 0 heterocycles. The molecule has 0 bridgehead atoms. The number of carbonyl (C=O) groups is 1. The van der Waals surface area contributed by atoms with Crippen molar-refractivity contribution in [2.24, 2.45) is 11.8 Å². The van der Waals surface area contributed by atoms with Gasteiger partial charge >= 0.3 is 0 Å². The average Bonchev–Trinajstić information content (AvgIpc) is 3.06. The first-order valence-corrected chi connectivity index (χ1v) is 6.16. The first-order valence-electron chi connectivity index (χ1n) is 6.16. The van der Waals surface area contributed by atoms with Gasteiger partial charge in [-0.3, -0.25) is 4.79 Å². The Kier molecular flexibility index (Phi) is 5.09. The smallest absolute Gasteiger partial charge is 0.223 e. The number of carbonyl (C=O) groups excluding carboxylic acids is 1. The van der Waals surface area contributed by atoms with Crippen molar-refractivity contribution in [1.82, 2.24) is 10.6 Å². The molecule has 88 valence electrons. The number of nitrogens with one attached hydrogen (secondary N) is 2. The lowest BCUT2D eigenvalue weighted by Crippen LogP contribution is -2.38. The van der Waals surface area contributed by atoms with Crippen molar-refractivity contribution in [2.75, 3.05) is 13.1 Å². The zero-order valence-corrected chi connectivity index (χ0v) is 10.2. The van der Waals surface area contributed by atoms with E-state index in [-0.39, 0.29) is 5.91 Å². The highest BCUT2D eigenvalue weighted by molar-refractivity contribution is 5.80. The van der Waals surface area contributed by atoms with E-state index in [0.717, 1.165) is 25.9 Å². The topological polar surface area (TPSA) is 41.1 Å². The fraction of sp³-hybridized carbons (Fsp3) is 0.917. The highest BCUT2D eigenvalue weighted by Gasteiger charge is 2.28. The van der Waals surface area contributed by atoms with Gasteiger partial charge in [0, 0.05) is 25.0 Å². The van der Waals surface area contributed by atoms with E-state index in [4.69, 9.17) is 0 Å². The lowest BCUT2D eigenvalue weighted by molar-refractivity contribution is -0.122. The van der Waals surface area contributed by atoms with Crippen LogP contribution in [0, 0.1) is 11.8 Å². The van der Waals surface area contributed by atoms with Crippen molar-refractivity contribution in [3.05, 3.63) is 0 Å². The molecule has 0 radical (unpaired) electrons. The summed E-state index contributed by atoms with van der Waals surface area (Å²) in [6.07, 6.45) is 3.37. The van der Waals surface area contributed by atoms with Crippen LogP contribution in [-0.2, 0) is 4.79 Å². The molecule has 1 aliphatic carbocycles. The third-order valence-electron chi connectivity index (χ3n) is 3.34. The van der Waals surface area contributed by atoms with Gasteiger partial charge in [0.05, 0.1) is 0 Å². The molecule has 3 heteroatoms. The lowest BCUT2D eigenvalue weighted by Gasteiger charge is -2.19. The standard InChI is InChI=1S/C12H24N2O/c1-4-9(2)10(3)13-7-8-14-12(15)11-5-6-11/h9-11,13H,4-8H2,1-3H3,(H,14,15)/t9-,10-/m1/s1. The second kappa shape index (κ2) is 6.11. The molecule has 0 aromatic heterocycles. The summed E-state index contributed by atoms with van der Waals surface area (Å²) in [7, 11) is 0. The Hall–Kier alpha value is -0.570. The molecular formula is C12H24N2O. The third-order valence-corrected chi connectivity index (χ3v) is 3.34. The zero-order valence-electron chi connectivity index (χ0n) is 10.2. The molecule has 1 amide bonds. The Balaban J connectivity index is 1.98. The van der Waals surface area contributed by atoms with Crippen LogP contribution < -0.4 is 10.6 Å². The predicted octanol–water partition coefficient (Wildman–Crippen LogP) is 1.54. The van der Waals surface area contributed by atoms with E-state index >= 15 is 0 Å². The van der Waals surface area contributed by atoms with Crippen molar-refractivity contribution in [3.63, 3.8) is 0 Å². The molecule has 0 saturated heterocycles. The molecule has 2 N–H and O–H groups in total. The van der Waals surface area contributed by atoms with Crippen LogP contribution in [0.1, 0.15) is 40.0 Å².